The predicted molar refractivity (Wildman–Crippen MR) is 319 cm³/mol. The number of aliphatic hydroxyl groups excluding tert-OH is 2. The van der Waals surface area contributed by atoms with Gasteiger partial charge in [0.15, 0.2) is 0 Å². The summed E-state index contributed by atoms with van der Waals surface area (Å²) in [5.41, 5.74) is 0. The van der Waals surface area contributed by atoms with E-state index in [0.717, 1.165) is 44.9 Å². The van der Waals surface area contributed by atoms with Crippen molar-refractivity contribution >= 4 is 11.9 Å². The number of esters is 1. The topological polar surface area (TPSA) is 95.9 Å². The van der Waals surface area contributed by atoms with E-state index in [4.69, 9.17) is 4.74 Å². The van der Waals surface area contributed by atoms with Crippen molar-refractivity contribution in [3.8, 4) is 0 Å². The predicted octanol–water partition coefficient (Wildman–Crippen LogP) is 20.8. The van der Waals surface area contributed by atoms with Gasteiger partial charge in [0.1, 0.15) is 0 Å². The molecule has 0 aromatic heterocycles. The van der Waals surface area contributed by atoms with Crippen LogP contribution in [0.1, 0.15) is 354 Å². The van der Waals surface area contributed by atoms with Gasteiger partial charge >= 0.3 is 5.97 Å². The Morgan fingerprint density at radius 1 is 0.370 bits per heavy atom. The molecule has 1 amide bonds. The Hall–Kier alpha value is -1.92. The summed E-state index contributed by atoms with van der Waals surface area (Å²) in [5, 5.41) is 23.2. The van der Waals surface area contributed by atoms with E-state index in [0.29, 0.717) is 19.4 Å². The van der Waals surface area contributed by atoms with Gasteiger partial charge in [-0.25, -0.2) is 0 Å². The summed E-state index contributed by atoms with van der Waals surface area (Å²) < 4.78 is 5.46. The third-order valence-electron chi connectivity index (χ3n) is 15.1. The van der Waals surface area contributed by atoms with Gasteiger partial charge in [-0.15, -0.1) is 0 Å². The van der Waals surface area contributed by atoms with Gasteiger partial charge in [0.05, 0.1) is 25.4 Å². The SMILES string of the molecule is CCCC/C=C\CCCCCCCC(=O)OCCCCCCCCCCCCCC/C=C\CCCCCCCCCCCCCCCC(=O)NC(CO)C(O)/C=C/CCCCCCCCCCCCCCCC. The Bertz CT molecular complexity index is 1180. The molecule has 0 radical (unpaired) electrons. The number of hydrogen-bond acceptors (Lipinski definition) is 5. The van der Waals surface area contributed by atoms with Gasteiger partial charge in [-0.3, -0.25) is 9.59 Å². The molecule has 2 unspecified atom stereocenters. The standard InChI is InChI=1S/C67H127NO5/c1-3-5-7-9-11-13-15-16-17-33-36-40-43-47-51-55-59-65(70)64(63-69)68-66(71)60-56-52-48-44-41-37-34-31-29-27-25-23-21-19-18-20-22-24-26-28-30-32-35-38-42-46-50-54-58-62-73-67(72)61-57-53-49-45-39-14-12-10-8-6-4-2/h10,12,18,20,55,59,64-65,69-70H,3-9,11,13-17,19,21-54,56-58,60-63H2,1-2H3,(H,68,71)/b12-10-,20-18-,59-55+. The smallest absolute Gasteiger partial charge is 0.305 e. The molecule has 3 N–H and O–H groups in total. The molecule has 0 rings (SSSR count). The van der Waals surface area contributed by atoms with Crippen LogP contribution in [0.2, 0.25) is 0 Å². The molecule has 0 aliphatic heterocycles. The van der Waals surface area contributed by atoms with Crippen LogP contribution >= 0.6 is 0 Å². The molecule has 0 aliphatic rings. The van der Waals surface area contributed by atoms with Crippen molar-refractivity contribution in [1.82, 2.24) is 5.32 Å². The summed E-state index contributed by atoms with van der Waals surface area (Å²) in [7, 11) is 0. The summed E-state index contributed by atoms with van der Waals surface area (Å²) in [4.78, 5) is 24.5. The maximum Gasteiger partial charge on any atom is 0.305 e. The minimum atomic E-state index is -0.844. The summed E-state index contributed by atoms with van der Waals surface area (Å²) in [6, 6.07) is -0.627. The van der Waals surface area contributed by atoms with Crippen LogP contribution in [0.5, 0.6) is 0 Å². The number of aliphatic hydroxyl groups is 2. The largest absolute Gasteiger partial charge is 0.466 e. The van der Waals surface area contributed by atoms with Crippen molar-refractivity contribution in [2.24, 2.45) is 0 Å². The lowest BCUT2D eigenvalue weighted by molar-refractivity contribution is -0.143. The summed E-state index contributed by atoms with van der Waals surface area (Å²) in [6.07, 6.45) is 79.2. The third-order valence-corrected chi connectivity index (χ3v) is 15.1. The average molecular weight is 1030 g/mol. The highest BCUT2D eigenvalue weighted by Crippen LogP contribution is 2.17. The van der Waals surface area contributed by atoms with Crippen LogP contribution in [0.25, 0.3) is 0 Å². The van der Waals surface area contributed by atoms with Gasteiger partial charge in [-0.05, 0) is 77.0 Å². The van der Waals surface area contributed by atoms with Crippen LogP contribution in [0, 0.1) is 0 Å². The molecular formula is C67H127NO5. The lowest BCUT2D eigenvalue weighted by Gasteiger charge is -2.20. The van der Waals surface area contributed by atoms with E-state index in [2.05, 4.69) is 43.5 Å². The van der Waals surface area contributed by atoms with E-state index in [9.17, 15) is 19.8 Å². The molecule has 2 atom stereocenters. The fraction of sp³-hybridized carbons (Fsp3) is 0.881. The van der Waals surface area contributed by atoms with E-state index in [1.807, 2.05) is 6.08 Å². The maximum absolute atomic E-state index is 12.5. The lowest BCUT2D eigenvalue weighted by atomic mass is 10.0. The Morgan fingerprint density at radius 3 is 1.01 bits per heavy atom. The highest BCUT2D eigenvalue weighted by Gasteiger charge is 2.18. The molecule has 6 heteroatoms. The molecule has 0 aromatic rings. The Morgan fingerprint density at radius 2 is 0.658 bits per heavy atom. The second-order valence-electron chi connectivity index (χ2n) is 22.4. The van der Waals surface area contributed by atoms with Gasteiger partial charge in [-0.2, -0.15) is 0 Å². The van der Waals surface area contributed by atoms with Crippen LogP contribution in [0.3, 0.4) is 0 Å². The van der Waals surface area contributed by atoms with E-state index in [1.54, 1.807) is 6.08 Å². The zero-order valence-corrected chi connectivity index (χ0v) is 49.1. The first-order valence-electron chi connectivity index (χ1n) is 32.8. The molecule has 0 fully saturated rings. The van der Waals surface area contributed by atoms with Gasteiger partial charge in [0.2, 0.25) is 5.91 Å². The number of ether oxygens (including phenoxy) is 1. The molecular weight excluding hydrogens is 899 g/mol. The van der Waals surface area contributed by atoms with Gasteiger partial charge in [0, 0.05) is 12.8 Å². The Labute approximate surface area is 455 Å². The summed E-state index contributed by atoms with van der Waals surface area (Å²) >= 11 is 0. The third kappa shape index (κ3) is 59.2. The van der Waals surface area contributed by atoms with Crippen LogP contribution < -0.4 is 5.32 Å². The summed E-state index contributed by atoms with van der Waals surface area (Å²) in [6.45, 7) is 4.88. The van der Waals surface area contributed by atoms with Crippen molar-refractivity contribution in [2.75, 3.05) is 13.2 Å². The molecule has 0 aliphatic carbocycles. The molecule has 6 nitrogen and oxygen atoms in total. The number of unbranched alkanes of at least 4 members (excludes halogenated alkanes) is 46. The van der Waals surface area contributed by atoms with E-state index in [-0.39, 0.29) is 18.5 Å². The van der Waals surface area contributed by atoms with E-state index >= 15 is 0 Å². The molecule has 0 aromatic carbocycles. The molecule has 0 saturated heterocycles. The highest BCUT2D eigenvalue weighted by atomic mass is 16.5. The van der Waals surface area contributed by atoms with Gasteiger partial charge < -0.3 is 20.3 Å². The number of nitrogens with one attached hydrogen (secondary N) is 1. The van der Waals surface area contributed by atoms with Crippen LogP contribution in [-0.4, -0.2) is 47.4 Å². The van der Waals surface area contributed by atoms with Crippen molar-refractivity contribution in [3.63, 3.8) is 0 Å². The van der Waals surface area contributed by atoms with Gasteiger partial charge in [-0.1, -0.05) is 301 Å². The van der Waals surface area contributed by atoms with Crippen molar-refractivity contribution in [3.05, 3.63) is 36.5 Å². The fourth-order valence-corrected chi connectivity index (χ4v) is 10.1. The van der Waals surface area contributed by atoms with Crippen molar-refractivity contribution < 1.29 is 24.5 Å². The quantitative estimate of drug-likeness (QED) is 0.0320. The first-order valence-corrected chi connectivity index (χ1v) is 32.8. The number of hydrogen-bond donors (Lipinski definition) is 3. The maximum atomic E-state index is 12.5. The van der Waals surface area contributed by atoms with Crippen molar-refractivity contribution in [1.29, 1.82) is 0 Å². The zero-order chi connectivity index (χ0) is 52.9. The number of rotatable bonds is 61. The average Bonchev–Trinajstić information content (AvgIpc) is 3.39. The van der Waals surface area contributed by atoms with Crippen molar-refractivity contribution in [2.45, 2.75) is 366 Å². The molecule has 430 valence electrons. The molecule has 0 saturated carbocycles. The first-order chi connectivity index (χ1) is 36.0. The Kier molecular flexibility index (Phi) is 61.0. The first kappa shape index (κ1) is 71.1. The number of carbonyl (C=O) groups excluding carboxylic acids is 2. The van der Waals surface area contributed by atoms with E-state index < -0.39 is 12.1 Å². The van der Waals surface area contributed by atoms with Crippen LogP contribution in [0.4, 0.5) is 0 Å². The van der Waals surface area contributed by atoms with Crippen LogP contribution in [-0.2, 0) is 14.3 Å². The normalized spacial score (nSPS) is 12.8. The number of amides is 1. The molecule has 0 bridgehead atoms. The number of carbonyl (C=O) groups is 2. The monoisotopic (exact) mass is 1030 g/mol. The zero-order valence-electron chi connectivity index (χ0n) is 49.1. The minimum Gasteiger partial charge on any atom is -0.466 e. The second-order valence-corrected chi connectivity index (χ2v) is 22.4. The second kappa shape index (κ2) is 62.6. The van der Waals surface area contributed by atoms with Crippen LogP contribution in [0.15, 0.2) is 36.5 Å². The lowest BCUT2D eigenvalue weighted by Crippen LogP contribution is -2.45. The van der Waals surface area contributed by atoms with Gasteiger partial charge in [0.25, 0.3) is 0 Å². The fourth-order valence-electron chi connectivity index (χ4n) is 10.1. The molecule has 0 spiro atoms. The minimum absolute atomic E-state index is 0.00504. The van der Waals surface area contributed by atoms with E-state index in [1.165, 1.54) is 283 Å². The Balaban J connectivity index is 3.40. The highest BCUT2D eigenvalue weighted by molar-refractivity contribution is 5.76. The number of allylic oxidation sites excluding steroid dienone is 5. The molecule has 73 heavy (non-hydrogen) atoms. The summed E-state index contributed by atoms with van der Waals surface area (Å²) in [5.74, 6) is -0.0602. The molecule has 0 heterocycles.